The molecule has 1 aromatic heterocycles. The Labute approximate surface area is 54.0 Å². The van der Waals surface area contributed by atoms with Gasteiger partial charge in [-0.3, -0.25) is 0 Å². The SMILES string of the molecule is Nc1nnn([O-])c1[N+](=O)[O-]. The highest BCUT2D eigenvalue weighted by Gasteiger charge is 2.15. The fourth-order valence-electron chi connectivity index (χ4n) is 0.437. The summed E-state index contributed by atoms with van der Waals surface area (Å²) in [5, 5.41) is 26.0. The zero-order valence-electron chi connectivity index (χ0n) is 4.59. The average molecular weight is 144 g/mol. The molecule has 54 valence electrons. The third-order valence-corrected chi connectivity index (χ3v) is 0.817. The van der Waals surface area contributed by atoms with E-state index in [1.807, 2.05) is 0 Å². The van der Waals surface area contributed by atoms with Crippen molar-refractivity contribution in [1.29, 1.82) is 0 Å². The summed E-state index contributed by atoms with van der Waals surface area (Å²) in [6, 6.07) is 0. The highest BCUT2D eigenvalue weighted by Crippen LogP contribution is 2.14. The molecule has 2 N–H and O–H groups in total. The molecule has 1 rings (SSSR count). The Morgan fingerprint density at radius 2 is 2.30 bits per heavy atom. The zero-order valence-corrected chi connectivity index (χ0v) is 4.59. The van der Waals surface area contributed by atoms with Crippen LogP contribution >= 0.6 is 0 Å². The van der Waals surface area contributed by atoms with Gasteiger partial charge in [0, 0.05) is 5.21 Å². The van der Waals surface area contributed by atoms with Crippen LogP contribution in [0, 0.1) is 15.3 Å². The lowest BCUT2D eigenvalue weighted by molar-refractivity contribution is -0.390. The summed E-state index contributed by atoms with van der Waals surface area (Å²) in [6.07, 6.45) is 0. The number of nitro groups is 1. The van der Waals surface area contributed by atoms with Crippen LogP contribution in [-0.4, -0.2) is 20.1 Å². The predicted molar refractivity (Wildman–Crippen MR) is 29.9 cm³/mol. The highest BCUT2D eigenvalue weighted by atomic mass is 16.6. The van der Waals surface area contributed by atoms with Gasteiger partial charge < -0.3 is 21.1 Å². The largest absolute Gasteiger partial charge is 0.689 e. The number of rotatable bonds is 1. The first kappa shape index (κ1) is 6.26. The molecular weight excluding hydrogens is 142 g/mol. The Bertz CT molecular complexity index is 246. The van der Waals surface area contributed by atoms with E-state index in [4.69, 9.17) is 5.73 Å². The van der Waals surface area contributed by atoms with Gasteiger partial charge in [0.15, 0.2) is 0 Å². The Balaban J connectivity index is 3.23. The lowest BCUT2D eigenvalue weighted by Gasteiger charge is -1.95. The fourth-order valence-corrected chi connectivity index (χ4v) is 0.437. The molecule has 8 nitrogen and oxygen atoms in total. The molecule has 8 heteroatoms. The summed E-state index contributed by atoms with van der Waals surface area (Å²) in [5.74, 6) is -1.31. The molecule has 0 fully saturated rings. The van der Waals surface area contributed by atoms with Crippen molar-refractivity contribution < 1.29 is 4.92 Å². The molecular formula is C2H2N5O3-. The van der Waals surface area contributed by atoms with Crippen LogP contribution in [0.15, 0.2) is 0 Å². The number of hydrogen-bond acceptors (Lipinski definition) is 6. The smallest absolute Gasteiger partial charge is 0.393 e. The van der Waals surface area contributed by atoms with Crippen molar-refractivity contribution in [2.45, 2.75) is 0 Å². The molecule has 0 atom stereocenters. The van der Waals surface area contributed by atoms with Gasteiger partial charge in [0.25, 0.3) is 0 Å². The Hall–Kier alpha value is -1.86. The second-order valence-corrected chi connectivity index (χ2v) is 1.43. The van der Waals surface area contributed by atoms with Gasteiger partial charge in [-0.05, 0) is 4.92 Å². The van der Waals surface area contributed by atoms with Crippen LogP contribution < -0.4 is 5.73 Å². The van der Waals surface area contributed by atoms with Gasteiger partial charge in [-0.15, -0.1) is 4.85 Å². The number of nitrogen functional groups attached to an aromatic ring is 1. The van der Waals surface area contributed by atoms with E-state index < -0.39 is 16.6 Å². The molecule has 0 saturated carbocycles. The van der Waals surface area contributed by atoms with Crippen LogP contribution in [0.25, 0.3) is 0 Å². The summed E-state index contributed by atoms with van der Waals surface area (Å²) in [6.45, 7) is 0. The van der Waals surface area contributed by atoms with Crippen LogP contribution in [0.5, 0.6) is 0 Å². The molecule has 0 aliphatic carbocycles. The van der Waals surface area contributed by atoms with Gasteiger partial charge >= 0.3 is 5.82 Å². The van der Waals surface area contributed by atoms with Crippen LogP contribution in [0.2, 0.25) is 0 Å². The third-order valence-electron chi connectivity index (χ3n) is 0.817. The highest BCUT2D eigenvalue weighted by molar-refractivity contribution is 5.45. The van der Waals surface area contributed by atoms with Crippen molar-refractivity contribution in [3.8, 4) is 0 Å². The first-order chi connectivity index (χ1) is 4.63. The first-order valence-electron chi connectivity index (χ1n) is 2.16. The Kier molecular flexibility index (Phi) is 1.14. The van der Waals surface area contributed by atoms with Crippen LogP contribution in [0.1, 0.15) is 0 Å². The summed E-state index contributed by atoms with van der Waals surface area (Å²) in [7, 11) is 0. The van der Waals surface area contributed by atoms with Crippen molar-refractivity contribution >= 4 is 11.6 Å². The van der Waals surface area contributed by atoms with Crippen molar-refractivity contribution in [2.75, 3.05) is 5.73 Å². The molecule has 0 saturated heterocycles. The number of aromatic nitrogens is 3. The van der Waals surface area contributed by atoms with E-state index in [9.17, 15) is 15.3 Å². The monoisotopic (exact) mass is 144 g/mol. The van der Waals surface area contributed by atoms with E-state index in [1.165, 1.54) is 0 Å². The van der Waals surface area contributed by atoms with Gasteiger partial charge in [-0.2, -0.15) is 0 Å². The summed E-state index contributed by atoms with van der Waals surface area (Å²) in [4.78, 5) is 8.75. The molecule has 0 aliphatic rings. The maximum absolute atomic E-state index is 10.3. The number of nitrogens with zero attached hydrogens (tertiary/aromatic N) is 4. The zero-order chi connectivity index (χ0) is 7.72. The van der Waals surface area contributed by atoms with Gasteiger partial charge in [0.2, 0.25) is 5.82 Å². The average Bonchev–Trinajstić information content (AvgIpc) is 2.11. The van der Waals surface area contributed by atoms with Crippen LogP contribution in [0.4, 0.5) is 11.6 Å². The number of nitrogens with two attached hydrogens (primary N) is 1. The number of hydrogen-bond donors (Lipinski definition) is 1. The lowest BCUT2D eigenvalue weighted by atomic mass is 10.7. The van der Waals surface area contributed by atoms with Crippen LogP contribution in [-0.2, 0) is 0 Å². The molecule has 0 aromatic carbocycles. The van der Waals surface area contributed by atoms with Crippen molar-refractivity contribution in [3.05, 3.63) is 15.3 Å². The quantitative estimate of drug-likeness (QED) is 0.403. The third kappa shape index (κ3) is 0.708. The first-order valence-corrected chi connectivity index (χ1v) is 2.16. The second kappa shape index (κ2) is 1.83. The molecule has 0 unspecified atom stereocenters. The maximum Gasteiger partial charge on any atom is 0.393 e. The summed E-state index contributed by atoms with van der Waals surface area (Å²) >= 11 is 0. The van der Waals surface area contributed by atoms with Gasteiger partial charge in [-0.25, -0.2) is 0 Å². The van der Waals surface area contributed by atoms with E-state index in [1.54, 1.807) is 0 Å². The molecule has 0 radical (unpaired) electrons. The molecule has 0 aliphatic heterocycles. The summed E-state index contributed by atoms with van der Waals surface area (Å²) < 4.78 is 0. The maximum atomic E-state index is 10.3. The van der Waals surface area contributed by atoms with Crippen molar-refractivity contribution in [1.82, 2.24) is 15.2 Å². The predicted octanol–water partition coefficient (Wildman–Crippen LogP) is -0.886. The van der Waals surface area contributed by atoms with Crippen molar-refractivity contribution in [3.63, 3.8) is 0 Å². The summed E-state index contributed by atoms with van der Waals surface area (Å²) in [5.41, 5.74) is 4.91. The molecule has 0 amide bonds. The van der Waals surface area contributed by atoms with E-state index >= 15 is 0 Å². The van der Waals surface area contributed by atoms with E-state index in [2.05, 4.69) is 10.3 Å². The van der Waals surface area contributed by atoms with Crippen LogP contribution in [0.3, 0.4) is 0 Å². The normalized spacial score (nSPS) is 9.60. The van der Waals surface area contributed by atoms with E-state index in [0.29, 0.717) is 0 Å². The molecule has 1 heterocycles. The standard InChI is InChI=1S/C2H2N5O3/c3-1-2(7(9)10)6(8)5-4-1/h3H2/q-1. The topological polar surface area (TPSA) is 123 Å². The molecule has 10 heavy (non-hydrogen) atoms. The minimum Gasteiger partial charge on any atom is -0.689 e. The molecule has 0 spiro atoms. The van der Waals surface area contributed by atoms with Gasteiger partial charge in [-0.1, -0.05) is 5.10 Å². The molecule has 0 bridgehead atoms. The van der Waals surface area contributed by atoms with E-state index in [0.717, 1.165) is 0 Å². The number of anilines is 1. The Morgan fingerprint density at radius 3 is 2.50 bits per heavy atom. The minimum absolute atomic E-state index is 0.241. The lowest BCUT2D eigenvalue weighted by Crippen LogP contribution is -1.99. The Morgan fingerprint density at radius 1 is 1.70 bits per heavy atom. The van der Waals surface area contributed by atoms with E-state index in [-0.39, 0.29) is 4.85 Å². The van der Waals surface area contributed by atoms with Crippen molar-refractivity contribution in [2.24, 2.45) is 0 Å². The van der Waals surface area contributed by atoms with Gasteiger partial charge in [0.05, 0.1) is 0 Å². The molecule has 1 aromatic rings. The fraction of sp³-hybridized carbons (Fsp3) is 0. The van der Waals surface area contributed by atoms with Gasteiger partial charge in [0.1, 0.15) is 0 Å². The second-order valence-electron chi connectivity index (χ2n) is 1.43. The minimum atomic E-state index is -0.942.